The van der Waals surface area contributed by atoms with E-state index in [0.717, 1.165) is 23.3 Å². The second-order valence-corrected chi connectivity index (χ2v) is 9.86. The fourth-order valence-corrected chi connectivity index (χ4v) is 5.24. The maximum Gasteiger partial charge on any atom is 0.263 e. The van der Waals surface area contributed by atoms with Crippen LogP contribution < -0.4 is 5.73 Å². The number of carbonyl (C=O) groups excluding carboxylic acids is 3. The summed E-state index contributed by atoms with van der Waals surface area (Å²) in [5.41, 5.74) is 7.16. The van der Waals surface area contributed by atoms with Crippen LogP contribution in [0.3, 0.4) is 0 Å². The van der Waals surface area contributed by atoms with E-state index in [2.05, 4.69) is 0 Å². The third-order valence-electron chi connectivity index (χ3n) is 7.19. The fourth-order valence-electron chi connectivity index (χ4n) is 5.24. The highest BCUT2D eigenvalue weighted by Gasteiger charge is 2.47. The zero-order valence-electron chi connectivity index (χ0n) is 21.7. The Balaban J connectivity index is 1.84. The smallest absolute Gasteiger partial charge is 0.263 e. The largest absolute Gasteiger partial charge is 0.378 e. The summed E-state index contributed by atoms with van der Waals surface area (Å²) in [6, 6.07) is 17.8. The summed E-state index contributed by atoms with van der Waals surface area (Å²) in [6.07, 6.45) is -1.15. The number of aliphatic hydroxyl groups is 1. The minimum Gasteiger partial charge on any atom is -0.378 e. The topological polar surface area (TPSA) is 104 Å². The number of hydrogen-bond donors (Lipinski definition) is 2. The number of nitrogens with zero attached hydrogens (tertiary/aromatic N) is 2. The number of rotatable bonds is 6. The number of carbonyl (C=O) groups is 3. The molecule has 3 aromatic rings. The van der Waals surface area contributed by atoms with Crippen molar-refractivity contribution in [2.75, 3.05) is 7.05 Å². The summed E-state index contributed by atoms with van der Waals surface area (Å²) in [5, 5.41) is 10.9. The van der Waals surface area contributed by atoms with Crippen molar-refractivity contribution in [2.24, 2.45) is 5.73 Å². The minimum atomic E-state index is -2.11. The molecule has 0 spiro atoms. The van der Waals surface area contributed by atoms with Gasteiger partial charge in [-0.2, -0.15) is 0 Å². The van der Waals surface area contributed by atoms with E-state index in [1.807, 2.05) is 48.5 Å². The van der Waals surface area contributed by atoms with Crippen LogP contribution in [0.15, 0.2) is 78.9 Å². The van der Waals surface area contributed by atoms with Gasteiger partial charge in [0.15, 0.2) is 6.10 Å². The van der Waals surface area contributed by atoms with Crippen LogP contribution in [0, 0.1) is 11.6 Å². The Bertz CT molecular complexity index is 1320. The summed E-state index contributed by atoms with van der Waals surface area (Å²) < 4.78 is 27.9. The van der Waals surface area contributed by atoms with Crippen LogP contribution in [0.5, 0.6) is 0 Å². The molecule has 7 nitrogen and oxygen atoms in total. The number of likely N-dealkylation sites (N-methyl/N-ethyl adjacent to an activating group) is 1. The van der Waals surface area contributed by atoms with Crippen molar-refractivity contribution in [3.63, 3.8) is 0 Å². The summed E-state index contributed by atoms with van der Waals surface area (Å²) in [4.78, 5) is 43.7. The van der Waals surface area contributed by atoms with Gasteiger partial charge in [0.2, 0.25) is 11.8 Å². The highest BCUT2D eigenvalue weighted by Crippen LogP contribution is 2.39. The quantitative estimate of drug-likeness (QED) is 0.499. The molecule has 0 aliphatic carbocycles. The normalized spacial score (nSPS) is 21.1. The lowest BCUT2D eigenvalue weighted by Crippen LogP contribution is -2.58. The van der Waals surface area contributed by atoms with Crippen LogP contribution in [-0.2, 0) is 14.4 Å². The number of likely N-dealkylation sites (tertiary alicyclic amines) is 1. The molecule has 3 amide bonds. The van der Waals surface area contributed by atoms with Crippen LogP contribution in [0.4, 0.5) is 8.78 Å². The van der Waals surface area contributed by atoms with E-state index in [1.54, 1.807) is 19.2 Å². The van der Waals surface area contributed by atoms with E-state index in [9.17, 15) is 28.3 Å². The fraction of sp³-hybridized carbons (Fsp3) is 0.300. The third-order valence-corrected chi connectivity index (χ3v) is 7.19. The second kappa shape index (κ2) is 11.8. The van der Waals surface area contributed by atoms with Gasteiger partial charge in [-0.05, 0) is 48.6 Å². The molecule has 0 saturated carbocycles. The molecule has 0 bridgehead atoms. The number of nitrogens with two attached hydrogens (primary N) is 1. The van der Waals surface area contributed by atoms with Gasteiger partial charge >= 0.3 is 0 Å². The van der Waals surface area contributed by atoms with E-state index in [-0.39, 0.29) is 11.6 Å². The number of aliphatic hydroxyl groups excluding tert-OH is 1. The maximum atomic E-state index is 14.2. The molecule has 1 aliphatic rings. The lowest BCUT2D eigenvalue weighted by Gasteiger charge is -2.37. The molecule has 1 heterocycles. The first-order chi connectivity index (χ1) is 18.6. The van der Waals surface area contributed by atoms with Crippen molar-refractivity contribution in [1.82, 2.24) is 9.80 Å². The second-order valence-electron chi connectivity index (χ2n) is 9.86. The van der Waals surface area contributed by atoms with Crippen LogP contribution >= 0.6 is 0 Å². The number of hydrogen-bond acceptors (Lipinski definition) is 5. The van der Waals surface area contributed by atoms with Crippen LogP contribution in [0.2, 0.25) is 0 Å². The molecule has 1 aliphatic heterocycles. The maximum absolute atomic E-state index is 14.2. The average Bonchev–Trinajstić information content (AvgIpc) is 3.05. The molecule has 9 heteroatoms. The summed E-state index contributed by atoms with van der Waals surface area (Å²) >= 11 is 0. The summed E-state index contributed by atoms with van der Waals surface area (Å²) in [6.45, 7) is 1.37. The number of benzene rings is 3. The van der Waals surface area contributed by atoms with Gasteiger partial charge in [0.05, 0.1) is 12.1 Å². The third kappa shape index (κ3) is 5.89. The molecule has 3 N–H and O–H groups in total. The van der Waals surface area contributed by atoms with E-state index in [4.69, 9.17) is 5.73 Å². The first kappa shape index (κ1) is 28.1. The molecule has 1 fully saturated rings. The van der Waals surface area contributed by atoms with E-state index in [0.29, 0.717) is 23.8 Å². The Hall–Kier alpha value is -3.95. The lowest BCUT2D eigenvalue weighted by atomic mass is 9.85. The predicted octanol–water partition coefficient (Wildman–Crippen LogP) is 3.85. The van der Waals surface area contributed by atoms with Gasteiger partial charge in [-0.15, -0.1) is 0 Å². The van der Waals surface area contributed by atoms with Crippen LogP contribution in [-0.4, -0.2) is 51.8 Å². The summed E-state index contributed by atoms with van der Waals surface area (Å²) in [5.74, 6) is -5.22. The highest BCUT2D eigenvalue weighted by molar-refractivity contribution is 6.04. The predicted molar refractivity (Wildman–Crippen MR) is 141 cm³/mol. The molecule has 3 aromatic carbocycles. The van der Waals surface area contributed by atoms with E-state index < -0.39 is 53.5 Å². The molecule has 0 aromatic heterocycles. The Morgan fingerprint density at radius 3 is 2.00 bits per heavy atom. The monoisotopic (exact) mass is 535 g/mol. The molecule has 4 rings (SSSR count). The Labute approximate surface area is 225 Å². The Morgan fingerprint density at radius 1 is 0.923 bits per heavy atom. The van der Waals surface area contributed by atoms with Crippen molar-refractivity contribution in [3.8, 4) is 0 Å². The van der Waals surface area contributed by atoms with Gasteiger partial charge in [-0.25, -0.2) is 8.78 Å². The van der Waals surface area contributed by atoms with Crippen molar-refractivity contribution < 1.29 is 28.3 Å². The number of amides is 3. The van der Waals surface area contributed by atoms with Crippen LogP contribution in [0.1, 0.15) is 54.5 Å². The highest BCUT2D eigenvalue weighted by atomic mass is 19.1. The first-order valence-corrected chi connectivity index (χ1v) is 12.7. The SMILES string of the molecule is C[C@H](N)C(=O)N(C(=O)[C@H](O)c1cc(F)cc(F)c1)[C@@H]1C(=O)N(C)[C@H](c2ccccc2)CC[C@@H]1c1ccccc1. The van der Waals surface area contributed by atoms with Crippen LogP contribution in [0.25, 0.3) is 0 Å². The van der Waals surface area contributed by atoms with Gasteiger partial charge in [-0.3, -0.25) is 19.3 Å². The van der Waals surface area contributed by atoms with E-state index in [1.165, 1.54) is 11.8 Å². The Kier molecular flexibility index (Phi) is 8.52. The molecule has 204 valence electrons. The van der Waals surface area contributed by atoms with Crippen molar-refractivity contribution in [3.05, 3.63) is 107 Å². The molecule has 5 atom stereocenters. The van der Waals surface area contributed by atoms with E-state index >= 15 is 0 Å². The summed E-state index contributed by atoms with van der Waals surface area (Å²) in [7, 11) is 1.61. The van der Waals surface area contributed by atoms with Crippen molar-refractivity contribution >= 4 is 17.7 Å². The average molecular weight is 536 g/mol. The van der Waals surface area contributed by atoms with Gasteiger partial charge in [0.1, 0.15) is 17.7 Å². The number of halogens is 2. The molecular weight excluding hydrogens is 504 g/mol. The number of imide groups is 1. The molecule has 0 unspecified atom stereocenters. The minimum absolute atomic E-state index is 0.334. The van der Waals surface area contributed by atoms with Crippen molar-refractivity contribution in [2.45, 2.75) is 49.9 Å². The zero-order valence-corrected chi connectivity index (χ0v) is 21.7. The Morgan fingerprint density at radius 2 is 1.46 bits per heavy atom. The molecule has 39 heavy (non-hydrogen) atoms. The molecule has 1 saturated heterocycles. The van der Waals surface area contributed by atoms with Gasteiger partial charge in [0, 0.05) is 19.0 Å². The standard InChI is InChI=1S/C30H31F2N3O4/c1-18(33)28(37)35(30(39)27(36)21-15-22(31)17-23(32)16-21)26-24(19-9-5-3-6-10-19)13-14-25(34(2)29(26)38)20-11-7-4-8-12-20/h3-12,15-18,24-27,36H,13-14,33H2,1-2H3/t18-,24+,25-,26-,27+/m0/s1. The van der Waals surface area contributed by atoms with Gasteiger partial charge < -0.3 is 15.7 Å². The lowest BCUT2D eigenvalue weighted by molar-refractivity contribution is -0.160. The molecular formula is C30H31F2N3O4. The first-order valence-electron chi connectivity index (χ1n) is 12.7. The molecule has 0 radical (unpaired) electrons. The van der Waals surface area contributed by atoms with Gasteiger partial charge in [0.25, 0.3) is 5.91 Å². The zero-order chi connectivity index (χ0) is 28.3. The van der Waals surface area contributed by atoms with Crippen molar-refractivity contribution in [1.29, 1.82) is 0 Å². The van der Waals surface area contributed by atoms with Gasteiger partial charge in [-0.1, -0.05) is 60.7 Å².